The molecule has 0 fully saturated rings. The monoisotopic (exact) mass is 345 g/mol. The third-order valence-corrected chi connectivity index (χ3v) is 4.56. The van der Waals surface area contributed by atoms with Crippen LogP contribution in [0.5, 0.6) is 5.75 Å². The highest BCUT2D eigenvalue weighted by Gasteiger charge is 2.17. The van der Waals surface area contributed by atoms with Crippen molar-refractivity contribution >= 4 is 17.3 Å². The van der Waals surface area contributed by atoms with Crippen LogP contribution in [0.3, 0.4) is 0 Å². The molecule has 0 saturated heterocycles. The normalized spacial score (nSPS) is 11.4. The number of hydrogen-bond acceptors (Lipinski definition) is 2. The van der Waals surface area contributed by atoms with Gasteiger partial charge in [-0.05, 0) is 61.4 Å². The summed E-state index contributed by atoms with van der Waals surface area (Å²) in [6.07, 6.45) is 2.12. The van der Waals surface area contributed by atoms with E-state index in [0.717, 1.165) is 42.5 Å². The highest BCUT2D eigenvalue weighted by molar-refractivity contribution is 6.33. The lowest BCUT2D eigenvalue weighted by Crippen LogP contribution is -2.24. The number of ether oxygens (including phenoxy) is 1. The zero-order chi connectivity index (χ0) is 17.6. The molecule has 0 unspecified atom stereocenters. The van der Waals surface area contributed by atoms with Crippen molar-refractivity contribution in [3.8, 4) is 5.75 Å². The van der Waals surface area contributed by atoms with Crippen LogP contribution >= 0.6 is 11.6 Å². The maximum atomic E-state index is 6.19. The first kappa shape index (κ1) is 18.7. The van der Waals surface area contributed by atoms with E-state index in [1.807, 2.05) is 24.3 Å². The van der Waals surface area contributed by atoms with E-state index >= 15 is 0 Å². The van der Waals surface area contributed by atoms with Gasteiger partial charge in [-0.15, -0.1) is 0 Å². The number of halogens is 1. The highest BCUT2D eigenvalue weighted by Crippen LogP contribution is 2.27. The van der Waals surface area contributed by atoms with Crippen LogP contribution in [0, 0.1) is 19.3 Å². The predicted molar refractivity (Wildman–Crippen MR) is 104 cm³/mol. The van der Waals surface area contributed by atoms with Crippen molar-refractivity contribution < 1.29 is 4.74 Å². The number of para-hydroxylation sites is 1. The van der Waals surface area contributed by atoms with Crippen molar-refractivity contribution in [1.82, 2.24) is 0 Å². The first-order chi connectivity index (χ1) is 11.4. The summed E-state index contributed by atoms with van der Waals surface area (Å²) >= 11 is 6.19. The third-order valence-electron chi connectivity index (χ3n) is 4.23. The number of rotatable bonds is 8. The minimum atomic E-state index is 0.185. The molecule has 2 rings (SSSR count). The van der Waals surface area contributed by atoms with E-state index in [-0.39, 0.29) is 5.41 Å². The van der Waals surface area contributed by atoms with Crippen LogP contribution in [-0.2, 0) is 0 Å². The van der Waals surface area contributed by atoms with Crippen LogP contribution in [0.25, 0.3) is 0 Å². The maximum Gasteiger partial charge on any atom is 0.122 e. The third kappa shape index (κ3) is 5.76. The Bertz CT molecular complexity index is 667. The fraction of sp³-hybridized carbons (Fsp3) is 0.429. The molecule has 2 aromatic carbocycles. The van der Waals surface area contributed by atoms with E-state index in [0.29, 0.717) is 0 Å². The molecule has 0 radical (unpaired) electrons. The minimum absolute atomic E-state index is 0.185. The van der Waals surface area contributed by atoms with Gasteiger partial charge in [-0.2, -0.15) is 0 Å². The van der Waals surface area contributed by atoms with Crippen molar-refractivity contribution in [2.75, 3.05) is 18.5 Å². The molecule has 130 valence electrons. The van der Waals surface area contributed by atoms with E-state index in [1.54, 1.807) is 0 Å². The van der Waals surface area contributed by atoms with Gasteiger partial charge in [-0.1, -0.05) is 49.7 Å². The molecule has 0 aliphatic carbocycles. The molecule has 0 bridgehead atoms. The molecule has 0 atom stereocenters. The molecular formula is C21H28ClNO. The average Bonchev–Trinajstić information content (AvgIpc) is 2.54. The number of benzene rings is 2. The Kier molecular flexibility index (Phi) is 6.56. The summed E-state index contributed by atoms with van der Waals surface area (Å²) in [4.78, 5) is 0. The summed E-state index contributed by atoms with van der Waals surface area (Å²) in [7, 11) is 0. The molecule has 0 heterocycles. The molecule has 0 aliphatic rings. The van der Waals surface area contributed by atoms with Crippen LogP contribution in [0.4, 0.5) is 5.69 Å². The Balaban J connectivity index is 1.76. The van der Waals surface area contributed by atoms with Crippen LogP contribution < -0.4 is 10.1 Å². The SMILES string of the molecule is Cc1ccc(C)c(OCCCC(C)(C)CNc2ccccc2Cl)c1. The van der Waals surface area contributed by atoms with Gasteiger partial charge in [0.05, 0.1) is 17.3 Å². The standard InChI is InChI=1S/C21H28ClNO/c1-16-10-11-17(2)20(14-16)24-13-7-12-21(3,4)15-23-19-9-6-5-8-18(19)22/h5-6,8-11,14,23H,7,12-13,15H2,1-4H3. The van der Waals surface area contributed by atoms with Crippen molar-refractivity contribution in [2.24, 2.45) is 5.41 Å². The van der Waals surface area contributed by atoms with Gasteiger partial charge in [0.1, 0.15) is 5.75 Å². The Morgan fingerprint density at radius 3 is 2.58 bits per heavy atom. The smallest absolute Gasteiger partial charge is 0.122 e. The second-order valence-electron chi connectivity index (χ2n) is 7.22. The van der Waals surface area contributed by atoms with Gasteiger partial charge in [0.15, 0.2) is 0 Å². The molecule has 24 heavy (non-hydrogen) atoms. The Hall–Kier alpha value is -1.67. The quantitative estimate of drug-likeness (QED) is 0.570. The summed E-state index contributed by atoms with van der Waals surface area (Å²) in [5.41, 5.74) is 3.61. The number of anilines is 1. The summed E-state index contributed by atoms with van der Waals surface area (Å²) in [6, 6.07) is 14.2. The molecule has 0 saturated carbocycles. The zero-order valence-electron chi connectivity index (χ0n) is 15.2. The lowest BCUT2D eigenvalue weighted by Gasteiger charge is -2.26. The molecule has 2 nitrogen and oxygen atoms in total. The minimum Gasteiger partial charge on any atom is -0.493 e. The van der Waals surface area contributed by atoms with Crippen molar-refractivity contribution in [1.29, 1.82) is 0 Å². The maximum absolute atomic E-state index is 6.19. The molecule has 0 aromatic heterocycles. The molecule has 3 heteroatoms. The largest absolute Gasteiger partial charge is 0.493 e. The lowest BCUT2D eigenvalue weighted by atomic mass is 9.88. The zero-order valence-corrected chi connectivity index (χ0v) is 15.9. The summed E-state index contributed by atoms with van der Waals surface area (Å²) in [5, 5.41) is 4.23. The molecule has 0 amide bonds. The molecule has 0 aliphatic heterocycles. The highest BCUT2D eigenvalue weighted by atomic mass is 35.5. The fourth-order valence-corrected chi connectivity index (χ4v) is 2.83. The first-order valence-electron chi connectivity index (χ1n) is 8.56. The van der Waals surface area contributed by atoms with Gasteiger partial charge in [0.25, 0.3) is 0 Å². The van der Waals surface area contributed by atoms with Gasteiger partial charge in [-0.3, -0.25) is 0 Å². The van der Waals surface area contributed by atoms with Gasteiger partial charge in [-0.25, -0.2) is 0 Å². The van der Waals surface area contributed by atoms with Crippen LogP contribution in [0.1, 0.15) is 37.8 Å². The summed E-state index contributed by atoms with van der Waals surface area (Å²) < 4.78 is 5.95. The van der Waals surface area contributed by atoms with Crippen molar-refractivity contribution in [3.63, 3.8) is 0 Å². The average molecular weight is 346 g/mol. The molecule has 1 N–H and O–H groups in total. The van der Waals surface area contributed by atoms with Crippen molar-refractivity contribution in [2.45, 2.75) is 40.5 Å². The Morgan fingerprint density at radius 1 is 1.08 bits per heavy atom. The second-order valence-corrected chi connectivity index (χ2v) is 7.63. The number of aryl methyl sites for hydroxylation is 2. The van der Waals surface area contributed by atoms with Gasteiger partial charge in [0.2, 0.25) is 0 Å². The molecular weight excluding hydrogens is 318 g/mol. The Labute approximate surface area is 151 Å². The molecule has 2 aromatic rings. The number of nitrogens with one attached hydrogen (secondary N) is 1. The van der Waals surface area contributed by atoms with Gasteiger partial charge >= 0.3 is 0 Å². The van der Waals surface area contributed by atoms with Crippen LogP contribution in [0.15, 0.2) is 42.5 Å². The van der Waals surface area contributed by atoms with E-state index in [4.69, 9.17) is 16.3 Å². The predicted octanol–water partition coefficient (Wildman–Crippen LogP) is 6.25. The van der Waals surface area contributed by atoms with E-state index < -0.39 is 0 Å². The lowest BCUT2D eigenvalue weighted by molar-refractivity contribution is 0.263. The number of hydrogen-bond donors (Lipinski definition) is 1. The van der Waals surface area contributed by atoms with Crippen molar-refractivity contribution in [3.05, 3.63) is 58.6 Å². The van der Waals surface area contributed by atoms with Crippen LogP contribution in [-0.4, -0.2) is 13.2 Å². The summed E-state index contributed by atoms with van der Waals surface area (Å²) in [5.74, 6) is 1.00. The second kappa shape index (κ2) is 8.43. The molecule has 0 spiro atoms. The summed E-state index contributed by atoms with van der Waals surface area (Å²) in [6.45, 7) is 10.4. The van der Waals surface area contributed by atoms with Gasteiger partial charge < -0.3 is 10.1 Å². The van der Waals surface area contributed by atoms with Gasteiger partial charge in [0, 0.05) is 6.54 Å². The van der Waals surface area contributed by atoms with Crippen LogP contribution in [0.2, 0.25) is 5.02 Å². The Morgan fingerprint density at radius 2 is 1.83 bits per heavy atom. The first-order valence-corrected chi connectivity index (χ1v) is 8.94. The van der Waals surface area contributed by atoms with E-state index in [1.165, 1.54) is 11.1 Å². The van der Waals surface area contributed by atoms with E-state index in [2.05, 4.69) is 51.2 Å². The topological polar surface area (TPSA) is 21.3 Å². The fourth-order valence-electron chi connectivity index (χ4n) is 2.62. The van der Waals surface area contributed by atoms with E-state index in [9.17, 15) is 0 Å².